The van der Waals surface area contributed by atoms with Crippen LogP contribution in [0.15, 0.2) is 83.9 Å². The third kappa shape index (κ3) is 4.69. The first-order chi connectivity index (χ1) is 16.5. The second-order valence-corrected chi connectivity index (χ2v) is 9.78. The SMILES string of the molecule is Cc1ccc(NC(=S)Nc2ccc(SC3CC(=O)N(c4ccc5cc[nH]c5c4)C3=O)cc2)cc1. The molecule has 3 aromatic carbocycles. The number of hydrogen-bond donors (Lipinski definition) is 3. The molecule has 4 aromatic rings. The lowest BCUT2D eigenvalue weighted by Crippen LogP contribution is -2.31. The zero-order valence-electron chi connectivity index (χ0n) is 18.4. The Balaban J connectivity index is 1.21. The molecule has 1 aliphatic rings. The molecular formula is C26H22N4O2S2. The van der Waals surface area contributed by atoms with Crippen molar-refractivity contribution in [3.63, 3.8) is 0 Å². The quantitative estimate of drug-likeness (QED) is 0.248. The maximum atomic E-state index is 13.0. The largest absolute Gasteiger partial charge is 0.361 e. The number of nitrogens with zero attached hydrogens (tertiary/aromatic N) is 1. The molecule has 0 aliphatic carbocycles. The topological polar surface area (TPSA) is 77.2 Å². The molecule has 0 spiro atoms. The normalized spacial score (nSPS) is 15.7. The maximum absolute atomic E-state index is 13.0. The molecule has 1 saturated heterocycles. The number of benzene rings is 3. The Morgan fingerprint density at radius 2 is 1.65 bits per heavy atom. The van der Waals surface area contributed by atoms with E-state index in [0.29, 0.717) is 10.8 Å². The van der Waals surface area contributed by atoms with Crippen LogP contribution in [-0.4, -0.2) is 27.2 Å². The van der Waals surface area contributed by atoms with Gasteiger partial charge in [0.2, 0.25) is 11.8 Å². The van der Waals surface area contributed by atoms with Crippen LogP contribution in [0, 0.1) is 6.92 Å². The van der Waals surface area contributed by atoms with E-state index in [1.54, 1.807) is 0 Å². The van der Waals surface area contributed by atoms with Gasteiger partial charge in [-0.15, -0.1) is 11.8 Å². The monoisotopic (exact) mass is 486 g/mol. The minimum Gasteiger partial charge on any atom is -0.361 e. The summed E-state index contributed by atoms with van der Waals surface area (Å²) in [6, 6.07) is 23.2. The van der Waals surface area contributed by atoms with Crippen molar-refractivity contribution in [3.05, 3.63) is 84.6 Å². The Labute approximate surface area is 206 Å². The number of carbonyl (C=O) groups is 2. The summed E-state index contributed by atoms with van der Waals surface area (Å²) in [5.74, 6) is -0.370. The molecule has 1 aromatic heterocycles. The highest BCUT2D eigenvalue weighted by molar-refractivity contribution is 8.00. The van der Waals surface area contributed by atoms with E-state index in [-0.39, 0.29) is 18.2 Å². The molecule has 6 nitrogen and oxygen atoms in total. The van der Waals surface area contributed by atoms with Crippen molar-refractivity contribution in [3.8, 4) is 0 Å². The summed E-state index contributed by atoms with van der Waals surface area (Å²) in [6.45, 7) is 2.04. The fourth-order valence-electron chi connectivity index (χ4n) is 3.85. The summed E-state index contributed by atoms with van der Waals surface area (Å²) in [5, 5.41) is 7.40. The van der Waals surface area contributed by atoms with Crippen molar-refractivity contribution in [2.24, 2.45) is 0 Å². The first kappa shape index (κ1) is 22.2. The van der Waals surface area contributed by atoms with Crippen molar-refractivity contribution >= 4 is 68.9 Å². The standard InChI is InChI=1S/C26H22N4O2S2/c1-16-2-5-18(6-3-16)28-26(33)29-19-7-10-21(11-8-19)34-23-15-24(31)30(25(23)32)20-9-4-17-12-13-27-22(17)14-20/h2-14,23,27H,15H2,1H3,(H2,28,29,33). The summed E-state index contributed by atoms with van der Waals surface area (Å²) >= 11 is 6.80. The maximum Gasteiger partial charge on any atom is 0.247 e. The van der Waals surface area contributed by atoms with E-state index >= 15 is 0 Å². The predicted molar refractivity (Wildman–Crippen MR) is 143 cm³/mol. The van der Waals surface area contributed by atoms with E-state index in [1.807, 2.05) is 85.9 Å². The average molecular weight is 487 g/mol. The van der Waals surface area contributed by atoms with Gasteiger partial charge in [0.15, 0.2) is 5.11 Å². The highest BCUT2D eigenvalue weighted by Crippen LogP contribution is 2.35. The molecule has 0 saturated carbocycles. The Hall–Kier alpha value is -3.62. The van der Waals surface area contributed by atoms with Gasteiger partial charge < -0.3 is 15.6 Å². The van der Waals surface area contributed by atoms with Gasteiger partial charge in [-0.3, -0.25) is 9.59 Å². The number of aromatic amines is 1. The van der Waals surface area contributed by atoms with Gasteiger partial charge in [-0.25, -0.2) is 4.90 Å². The van der Waals surface area contributed by atoms with Crippen molar-refractivity contribution in [1.29, 1.82) is 0 Å². The lowest BCUT2D eigenvalue weighted by Gasteiger charge is -2.15. The summed E-state index contributed by atoms with van der Waals surface area (Å²) in [6.07, 6.45) is 2.02. The molecule has 1 unspecified atom stereocenters. The van der Waals surface area contributed by atoms with Crippen LogP contribution in [0.1, 0.15) is 12.0 Å². The lowest BCUT2D eigenvalue weighted by molar-refractivity contribution is -0.121. The van der Waals surface area contributed by atoms with Crippen LogP contribution in [0.3, 0.4) is 0 Å². The summed E-state index contributed by atoms with van der Waals surface area (Å²) in [4.78, 5) is 31.0. The minimum atomic E-state index is -0.449. The number of thiocarbonyl (C=S) groups is 1. The Bertz CT molecular complexity index is 1380. The number of imide groups is 1. The number of fused-ring (bicyclic) bond motifs is 1. The first-order valence-corrected chi connectivity index (χ1v) is 12.1. The molecule has 8 heteroatoms. The Kier molecular flexibility index (Phi) is 6.08. The molecule has 0 radical (unpaired) electrons. The average Bonchev–Trinajstić information content (AvgIpc) is 3.40. The zero-order chi connectivity index (χ0) is 23.7. The number of anilines is 3. The molecule has 2 amide bonds. The highest BCUT2D eigenvalue weighted by Gasteiger charge is 2.40. The van der Waals surface area contributed by atoms with Gasteiger partial charge in [-0.1, -0.05) is 23.8 Å². The molecule has 0 bridgehead atoms. The molecule has 2 heterocycles. The summed E-state index contributed by atoms with van der Waals surface area (Å²) < 4.78 is 0. The van der Waals surface area contributed by atoms with Crippen molar-refractivity contribution < 1.29 is 9.59 Å². The van der Waals surface area contributed by atoms with Gasteiger partial charge in [-0.2, -0.15) is 0 Å². The predicted octanol–water partition coefficient (Wildman–Crippen LogP) is 5.71. The van der Waals surface area contributed by atoms with Crippen LogP contribution < -0.4 is 15.5 Å². The zero-order valence-corrected chi connectivity index (χ0v) is 20.0. The van der Waals surface area contributed by atoms with Crippen LogP contribution in [-0.2, 0) is 9.59 Å². The third-order valence-electron chi connectivity index (χ3n) is 5.60. The van der Waals surface area contributed by atoms with Crippen molar-refractivity contribution in [2.45, 2.75) is 23.5 Å². The molecule has 1 atom stereocenters. The van der Waals surface area contributed by atoms with Crippen LogP contribution in [0.2, 0.25) is 0 Å². The molecule has 34 heavy (non-hydrogen) atoms. The first-order valence-electron chi connectivity index (χ1n) is 10.8. The third-order valence-corrected chi connectivity index (χ3v) is 7.00. The number of aryl methyl sites for hydroxylation is 1. The number of aromatic nitrogens is 1. The summed E-state index contributed by atoms with van der Waals surface area (Å²) in [7, 11) is 0. The van der Waals surface area contributed by atoms with E-state index in [1.165, 1.54) is 22.2 Å². The van der Waals surface area contributed by atoms with Gasteiger partial charge in [-0.05, 0) is 79.1 Å². The number of H-pyrrole nitrogens is 1. The number of carbonyl (C=O) groups excluding carboxylic acids is 2. The smallest absolute Gasteiger partial charge is 0.247 e. The van der Waals surface area contributed by atoms with Gasteiger partial charge >= 0.3 is 0 Å². The fraction of sp³-hybridized carbons (Fsp3) is 0.115. The van der Waals surface area contributed by atoms with Gasteiger partial charge in [0, 0.05) is 34.4 Å². The second-order valence-electron chi connectivity index (χ2n) is 8.10. The number of thioether (sulfide) groups is 1. The number of amides is 2. The van der Waals surface area contributed by atoms with E-state index in [4.69, 9.17) is 12.2 Å². The molecule has 3 N–H and O–H groups in total. The molecule has 170 valence electrons. The lowest BCUT2D eigenvalue weighted by atomic mass is 10.2. The molecule has 1 fully saturated rings. The van der Waals surface area contributed by atoms with E-state index < -0.39 is 5.25 Å². The van der Waals surface area contributed by atoms with Gasteiger partial charge in [0.25, 0.3) is 0 Å². The minimum absolute atomic E-state index is 0.177. The molecular weight excluding hydrogens is 464 g/mol. The molecule has 5 rings (SSSR count). The van der Waals surface area contributed by atoms with Crippen molar-refractivity contribution in [2.75, 3.05) is 15.5 Å². The summed E-state index contributed by atoms with van der Waals surface area (Å²) in [5.41, 5.74) is 4.43. The van der Waals surface area contributed by atoms with E-state index in [2.05, 4.69) is 15.6 Å². The number of hydrogen-bond acceptors (Lipinski definition) is 4. The van der Waals surface area contributed by atoms with Crippen LogP contribution in [0.5, 0.6) is 0 Å². The van der Waals surface area contributed by atoms with E-state index in [0.717, 1.165) is 27.2 Å². The highest BCUT2D eigenvalue weighted by atomic mass is 32.2. The fourth-order valence-corrected chi connectivity index (χ4v) is 5.14. The van der Waals surface area contributed by atoms with Gasteiger partial charge in [0.1, 0.15) is 0 Å². The van der Waals surface area contributed by atoms with Crippen molar-refractivity contribution in [1.82, 2.24) is 4.98 Å². The van der Waals surface area contributed by atoms with Crippen LogP contribution >= 0.6 is 24.0 Å². The van der Waals surface area contributed by atoms with Crippen LogP contribution in [0.25, 0.3) is 10.9 Å². The van der Waals surface area contributed by atoms with E-state index in [9.17, 15) is 9.59 Å². The second kappa shape index (κ2) is 9.32. The number of nitrogens with one attached hydrogen (secondary N) is 3. The molecule has 1 aliphatic heterocycles. The Morgan fingerprint density at radius 1 is 0.971 bits per heavy atom. The van der Waals surface area contributed by atoms with Crippen LogP contribution in [0.4, 0.5) is 17.1 Å². The van der Waals surface area contributed by atoms with Gasteiger partial charge in [0.05, 0.1) is 10.9 Å². The number of rotatable bonds is 5. The Morgan fingerprint density at radius 3 is 2.35 bits per heavy atom.